The van der Waals surface area contributed by atoms with Crippen molar-refractivity contribution in [1.29, 1.82) is 0 Å². The molecule has 3 heterocycles. The molecule has 4 bridgehead atoms. The summed E-state index contributed by atoms with van der Waals surface area (Å²) in [5.74, 6) is -2.90. The molecule has 1 amide bonds. The second-order valence-corrected chi connectivity index (χ2v) is 9.66. The normalized spacial score (nSPS) is 21.5. The van der Waals surface area contributed by atoms with Crippen molar-refractivity contribution in [3.63, 3.8) is 0 Å². The Bertz CT molecular complexity index is 1130. The molecule has 1 unspecified atom stereocenters. The smallest absolute Gasteiger partial charge is 0.426 e. The van der Waals surface area contributed by atoms with E-state index in [-0.39, 0.29) is 19.3 Å². The zero-order valence-corrected chi connectivity index (χ0v) is 20.4. The lowest BCUT2D eigenvalue weighted by Crippen LogP contribution is -2.42. The number of hydrogen-bond acceptors (Lipinski definition) is 8. The molecule has 37 heavy (non-hydrogen) atoms. The summed E-state index contributed by atoms with van der Waals surface area (Å²) < 4.78 is 98.8. The second kappa shape index (κ2) is 9.99. The summed E-state index contributed by atoms with van der Waals surface area (Å²) in [4.78, 5) is 16.2. The van der Waals surface area contributed by atoms with Crippen LogP contribution in [-0.4, -0.2) is 44.3 Å². The number of halogens is 6. The largest absolute Gasteiger partial charge is 0.474 e. The van der Waals surface area contributed by atoms with Crippen LogP contribution in [0.15, 0.2) is 10.5 Å². The Morgan fingerprint density at radius 1 is 1.14 bits per heavy atom. The van der Waals surface area contributed by atoms with E-state index in [1.54, 1.807) is 0 Å². The number of alkyl halides is 6. The number of aromatic nitrogens is 3. The van der Waals surface area contributed by atoms with Crippen LogP contribution in [0.4, 0.5) is 36.8 Å². The maximum Gasteiger partial charge on any atom is 0.426 e. The van der Waals surface area contributed by atoms with Crippen molar-refractivity contribution in [2.75, 3.05) is 5.32 Å². The van der Waals surface area contributed by atoms with Crippen molar-refractivity contribution in [3.05, 3.63) is 17.5 Å². The third-order valence-corrected chi connectivity index (χ3v) is 5.34. The predicted molar refractivity (Wildman–Crippen MR) is 116 cm³/mol. The molecule has 3 rings (SSSR count). The number of anilines is 1. The number of aliphatic hydroxyl groups is 1. The minimum Gasteiger partial charge on any atom is -0.474 e. The predicted octanol–water partition coefficient (Wildman–Crippen LogP) is 5.98. The molecule has 9 nitrogen and oxygen atoms in total. The van der Waals surface area contributed by atoms with Gasteiger partial charge in [0.05, 0.1) is 11.8 Å². The van der Waals surface area contributed by atoms with E-state index < -0.39 is 76.8 Å². The van der Waals surface area contributed by atoms with Gasteiger partial charge in [-0.1, -0.05) is 6.42 Å². The van der Waals surface area contributed by atoms with E-state index in [0.717, 1.165) is 0 Å². The zero-order chi connectivity index (χ0) is 27.8. The highest BCUT2D eigenvalue weighted by molar-refractivity contribution is 5.89. The molecular formula is C22H26F6N4O5. The number of rotatable bonds is 1. The summed E-state index contributed by atoms with van der Waals surface area (Å²) in [6.07, 6.45) is -12.3. The molecule has 0 aliphatic carbocycles. The van der Waals surface area contributed by atoms with E-state index in [9.17, 15) is 36.2 Å². The summed E-state index contributed by atoms with van der Waals surface area (Å²) in [5, 5.41) is 19.4. The first-order valence-electron chi connectivity index (χ1n) is 11.3. The van der Waals surface area contributed by atoms with Crippen molar-refractivity contribution in [1.82, 2.24) is 15.2 Å². The third-order valence-electron chi connectivity index (χ3n) is 5.34. The summed E-state index contributed by atoms with van der Waals surface area (Å²) in [6, 6.07) is 0.486. The van der Waals surface area contributed by atoms with Crippen LogP contribution >= 0.6 is 0 Å². The monoisotopic (exact) mass is 540 g/mol. The summed E-state index contributed by atoms with van der Waals surface area (Å²) in [6.45, 7) is 6.02. The van der Waals surface area contributed by atoms with Crippen molar-refractivity contribution in [2.24, 2.45) is 0 Å². The fraction of sp³-hybridized carbons (Fsp3) is 0.636. The number of amides is 1. The Labute approximate surface area is 207 Å². The van der Waals surface area contributed by atoms with Gasteiger partial charge in [0.25, 0.3) is 11.8 Å². The molecule has 0 radical (unpaired) electrons. The summed E-state index contributed by atoms with van der Waals surface area (Å²) in [7, 11) is 0. The van der Waals surface area contributed by atoms with Crippen LogP contribution in [0.3, 0.4) is 0 Å². The molecule has 2 aromatic heterocycles. The SMILES string of the molecule is C[C@@H]1CCCCCC(O)(C(F)(F)F)c2nnc(o2)-c2nc(c(C(F)(F)F)cc2NC(=O)OC(C)(C)C)O1. The molecule has 2 aromatic rings. The Morgan fingerprint density at radius 3 is 2.41 bits per heavy atom. The van der Waals surface area contributed by atoms with Gasteiger partial charge in [0, 0.05) is 0 Å². The van der Waals surface area contributed by atoms with Crippen LogP contribution in [0, 0.1) is 0 Å². The molecule has 0 saturated heterocycles. The minimum absolute atomic E-state index is 0.0940. The van der Waals surface area contributed by atoms with Crippen LogP contribution in [0.1, 0.15) is 71.3 Å². The lowest BCUT2D eigenvalue weighted by Gasteiger charge is -2.27. The first kappa shape index (κ1) is 28.5. The van der Waals surface area contributed by atoms with Gasteiger partial charge in [-0.15, -0.1) is 10.2 Å². The fourth-order valence-corrected chi connectivity index (χ4v) is 3.56. The van der Waals surface area contributed by atoms with E-state index in [2.05, 4.69) is 20.5 Å². The van der Waals surface area contributed by atoms with Crippen molar-refractivity contribution < 1.29 is 50.1 Å². The number of hydrogen-bond donors (Lipinski definition) is 2. The molecule has 206 valence electrons. The number of carbonyl (C=O) groups excluding carboxylic acids is 1. The maximum absolute atomic E-state index is 13.9. The number of nitrogens with zero attached hydrogens (tertiary/aromatic N) is 3. The Hall–Kier alpha value is -3.10. The molecule has 15 heteroatoms. The van der Waals surface area contributed by atoms with Gasteiger partial charge in [-0.2, -0.15) is 26.3 Å². The second-order valence-electron chi connectivity index (χ2n) is 9.66. The number of ether oxygens (including phenoxy) is 2. The van der Waals surface area contributed by atoms with E-state index in [1.165, 1.54) is 27.7 Å². The van der Waals surface area contributed by atoms with Crippen molar-refractivity contribution in [2.45, 2.75) is 89.5 Å². The Morgan fingerprint density at radius 2 is 1.81 bits per heavy atom. The standard InChI is InChI=1S/C22H26F6N4O5/c1-11-8-6-5-7-9-20(34,22(26,27)28)17-32-31-16(36-17)14-13(29-18(33)37-19(2,3)4)10-12(21(23,24)25)15(30-14)35-11/h10-11,34H,5-9H2,1-4H3,(H,29,33)/t11-,20?/m1/s1. The average Bonchev–Trinajstić information content (AvgIpc) is 3.21. The van der Waals surface area contributed by atoms with Gasteiger partial charge < -0.3 is 19.0 Å². The number of nitrogens with one attached hydrogen (secondary N) is 1. The molecule has 1 aliphatic rings. The molecule has 1 aliphatic heterocycles. The van der Waals surface area contributed by atoms with Gasteiger partial charge in [0.1, 0.15) is 11.2 Å². The molecule has 0 aromatic carbocycles. The number of pyridine rings is 1. The topological polar surface area (TPSA) is 120 Å². The van der Waals surface area contributed by atoms with Crippen LogP contribution in [-0.2, 0) is 16.5 Å². The van der Waals surface area contributed by atoms with Crippen molar-refractivity contribution >= 4 is 11.8 Å². The maximum atomic E-state index is 13.9. The molecular weight excluding hydrogens is 514 g/mol. The van der Waals surface area contributed by atoms with Gasteiger partial charge in [-0.05, 0) is 59.4 Å². The fourth-order valence-electron chi connectivity index (χ4n) is 3.56. The summed E-state index contributed by atoms with van der Waals surface area (Å²) >= 11 is 0. The van der Waals surface area contributed by atoms with Gasteiger partial charge in [0.15, 0.2) is 5.69 Å². The van der Waals surface area contributed by atoms with Crippen LogP contribution < -0.4 is 10.1 Å². The highest BCUT2D eigenvalue weighted by Gasteiger charge is 2.58. The zero-order valence-electron chi connectivity index (χ0n) is 20.4. The third kappa shape index (κ3) is 6.62. The van der Waals surface area contributed by atoms with Crippen molar-refractivity contribution in [3.8, 4) is 17.5 Å². The average molecular weight is 540 g/mol. The first-order chi connectivity index (χ1) is 16.9. The van der Waals surface area contributed by atoms with E-state index in [4.69, 9.17) is 13.9 Å². The number of fused-ring (bicyclic) bond motifs is 5. The lowest BCUT2D eigenvalue weighted by molar-refractivity contribution is -0.277. The quantitative estimate of drug-likeness (QED) is 0.424. The Balaban J connectivity index is 2.23. The van der Waals surface area contributed by atoms with Crippen LogP contribution in [0.5, 0.6) is 5.88 Å². The highest BCUT2D eigenvalue weighted by Crippen LogP contribution is 2.45. The lowest BCUT2D eigenvalue weighted by atomic mass is 9.94. The Kier molecular flexibility index (Phi) is 7.68. The molecule has 0 fully saturated rings. The minimum atomic E-state index is -5.19. The van der Waals surface area contributed by atoms with Gasteiger partial charge in [-0.3, -0.25) is 5.32 Å². The molecule has 0 spiro atoms. The van der Waals surface area contributed by atoms with Gasteiger partial charge in [0.2, 0.25) is 11.5 Å². The highest BCUT2D eigenvalue weighted by atomic mass is 19.4. The van der Waals surface area contributed by atoms with Gasteiger partial charge >= 0.3 is 18.4 Å². The number of carbonyl (C=O) groups is 1. The molecule has 0 saturated carbocycles. The van der Waals surface area contributed by atoms with Crippen LogP contribution in [0.25, 0.3) is 11.6 Å². The van der Waals surface area contributed by atoms with E-state index >= 15 is 0 Å². The van der Waals surface area contributed by atoms with E-state index in [1.807, 2.05) is 0 Å². The summed E-state index contributed by atoms with van der Waals surface area (Å²) in [5.41, 5.74) is -7.14. The molecule has 2 atom stereocenters. The van der Waals surface area contributed by atoms with Crippen LogP contribution in [0.2, 0.25) is 0 Å². The molecule has 2 N–H and O–H groups in total. The van der Waals surface area contributed by atoms with E-state index in [0.29, 0.717) is 12.5 Å². The van der Waals surface area contributed by atoms with Gasteiger partial charge in [-0.25, -0.2) is 9.78 Å². The first-order valence-corrected chi connectivity index (χ1v) is 11.3.